The number of anilines is 5. The normalized spacial score (nSPS) is 14.8. The van der Waals surface area contributed by atoms with E-state index in [2.05, 4.69) is 36.2 Å². The Morgan fingerprint density at radius 1 is 0.833 bits per heavy atom. The largest absolute Gasteiger partial charge is 0.490 e. The number of likely N-dealkylation sites (N-methyl/N-ethyl adjacent to an activating group) is 1. The minimum Gasteiger partial charge on any atom is -0.475 e. The zero-order valence-electron chi connectivity index (χ0n) is 27.2. The monoisotopic (exact) mass is 806 g/mol. The first-order valence-corrected chi connectivity index (χ1v) is 15.0. The number of nitrogens with one attached hydrogen (secondary N) is 4. The van der Waals surface area contributed by atoms with Crippen molar-refractivity contribution in [3.05, 3.63) is 59.0 Å². The van der Waals surface area contributed by atoms with Crippen LogP contribution in [0.1, 0.15) is 17.5 Å². The van der Waals surface area contributed by atoms with Gasteiger partial charge in [-0.15, -0.1) is 0 Å². The molecule has 2 aliphatic rings. The lowest BCUT2D eigenvalue weighted by molar-refractivity contribution is -0.193. The van der Waals surface area contributed by atoms with Gasteiger partial charge in [-0.25, -0.2) is 24.2 Å². The van der Waals surface area contributed by atoms with Crippen molar-refractivity contribution in [3.63, 3.8) is 0 Å². The summed E-state index contributed by atoms with van der Waals surface area (Å²) >= 11 is 6.33. The van der Waals surface area contributed by atoms with Crippen LogP contribution in [-0.2, 0) is 27.2 Å². The number of halogens is 10. The Hall–Kier alpha value is -5.65. The van der Waals surface area contributed by atoms with Crippen LogP contribution in [0.5, 0.6) is 0 Å². The number of hydrogen-bond acceptors (Lipinski definition) is 10. The predicted molar refractivity (Wildman–Crippen MR) is 171 cm³/mol. The molecular weight excluding hydrogens is 779 g/mol. The minimum absolute atomic E-state index is 0.111. The van der Waals surface area contributed by atoms with Crippen LogP contribution >= 0.6 is 11.6 Å². The average molecular weight is 807 g/mol. The fourth-order valence-corrected chi connectivity index (χ4v) is 4.23. The van der Waals surface area contributed by atoms with Gasteiger partial charge in [0.1, 0.15) is 5.02 Å². The molecule has 1 fully saturated rings. The van der Waals surface area contributed by atoms with Gasteiger partial charge in [0.15, 0.2) is 5.82 Å². The molecule has 0 saturated carbocycles. The fourth-order valence-electron chi connectivity index (χ4n) is 4.09. The molecule has 15 nitrogen and oxygen atoms in total. The lowest BCUT2D eigenvalue weighted by Crippen LogP contribution is -2.41. The number of nitrogens with zero attached hydrogens (tertiary/aromatic N) is 4. The number of carboxylic acids is 3. The van der Waals surface area contributed by atoms with Crippen LogP contribution in [0.25, 0.3) is 0 Å². The molecule has 0 aliphatic carbocycles. The third-order valence-electron chi connectivity index (χ3n) is 6.72. The smallest absolute Gasteiger partial charge is 0.475 e. The number of rotatable bonds is 2. The number of aryl methyl sites for hydroxylation is 2. The summed E-state index contributed by atoms with van der Waals surface area (Å²) in [5, 5.41) is 34.6. The highest BCUT2D eigenvalue weighted by atomic mass is 35.5. The van der Waals surface area contributed by atoms with Crippen molar-refractivity contribution in [3.8, 4) is 0 Å². The summed E-state index contributed by atoms with van der Waals surface area (Å²) in [7, 11) is 1.84. The van der Waals surface area contributed by atoms with E-state index < -0.39 is 36.4 Å². The number of aliphatic carboxylic acids is 3. The second-order valence-electron chi connectivity index (χ2n) is 10.7. The molecule has 0 radical (unpaired) electrons. The van der Waals surface area contributed by atoms with E-state index in [9.17, 15) is 44.3 Å². The van der Waals surface area contributed by atoms with Crippen molar-refractivity contribution >= 4 is 64.4 Å². The summed E-state index contributed by atoms with van der Waals surface area (Å²) in [5.41, 5.74) is 4.49. The molecule has 1 aromatic carbocycles. The second-order valence-corrected chi connectivity index (χ2v) is 11.1. The van der Waals surface area contributed by atoms with Gasteiger partial charge in [0, 0.05) is 37.2 Å². The molecule has 0 unspecified atom stereocenters. The van der Waals surface area contributed by atoms with Crippen LogP contribution in [0.2, 0.25) is 5.02 Å². The lowest BCUT2D eigenvalue weighted by atomic mass is 10.0. The quantitative estimate of drug-likeness (QED) is 0.152. The summed E-state index contributed by atoms with van der Waals surface area (Å²) in [6.45, 7) is 1.75. The molecule has 4 heterocycles. The van der Waals surface area contributed by atoms with Gasteiger partial charge in [0.05, 0.1) is 18.1 Å². The van der Waals surface area contributed by atoms with E-state index in [1.54, 1.807) is 17.3 Å². The van der Waals surface area contributed by atoms with Crippen molar-refractivity contribution in [2.45, 2.75) is 43.8 Å². The van der Waals surface area contributed by atoms with Crippen LogP contribution < -0.4 is 21.3 Å². The maximum atomic E-state index is 12.9. The molecule has 2 aliphatic heterocycles. The predicted octanol–water partition coefficient (Wildman–Crippen LogP) is 5.84. The molecule has 1 atom stereocenters. The zero-order valence-corrected chi connectivity index (χ0v) is 28.0. The molecule has 54 heavy (non-hydrogen) atoms. The van der Waals surface area contributed by atoms with E-state index in [4.69, 9.17) is 41.3 Å². The van der Waals surface area contributed by atoms with Gasteiger partial charge in [0.2, 0.25) is 5.95 Å². The maximum absolute atomic E-state index is 12.9. The number of amides is 2. The van der Waals surface area contributed by atoms with Crippen LogP contribution in [0.15, 0.2) is 42.9 Å². The van der Waals surface area contributed by atoms with Gasteiger partial charge in [-0.05, 0) is 61.2 Å². The first kappa shape index (κ1) is 44.5. The van der Waals surface area contributed by atoms with Gasteiger partial charge in [0.25, 0.3) is 0 Å². The van der Waals surface area contributed by atoms with Gasteiger partial charge in [-0.2, -0.15) is 44.5 Å². The second kappa shape index (κ2) is 18.9. The number of fused-ring (bicyclic) bond motifs is 6. The number of alkyl halides is 9. The first-order chi connectivity index (χ1) is 24.9. The highest BCUT2D eigenvalue weighted by Gasteiger charge is 2.39. The molecule has 5 rings (SSSR count). The van der Waals surface area contributed by atoms with E-state index in [-0.39, 0.29) is 12.1 Å². The van der Waals surface area contributed by atoms with Crippen LogP contribution in [0.4, 0.5) is 73.1 Å². The van der Waals surface area contributed by atoms with Crippen molar-refractivity contribution in [2.24, 2.45) is 0 Å². The number of pyridine rings is 1. The number of aromatic nitrogens is 3. The van der Waals surface area contributed by atoms with Gasteiger partial charge in [-0.3, -0.25) is 4.98 Å². The highest BCUT2D eigenvalue weighted by Crippen LogP contribution is 2.29. The SMILES string of the molecule is CN(C(=O)Nc1ccc2cc1CCc1cncc(c1)Nc1ncc(Cl)c(n1)N2)[C@H]1CCNC1.O=C(O)C(F)(F)F.O=C(O)C(F)(F)F.O=C(O)C(F)(F)F. The number of urea groups is 1. The molecule has 7 N–H and O–H groups in total. The summed E-state index contributed by atoms with van der Waals surface area (Å²) in [6.07, 6.45) is -7.68. The Balaban J connectivity index is 0.000000393. The Labute approximate surface area is 302 Å². The van der Waals surface area contributed by atoms with Crippen molar-refractivity contribution < 1.29 is 74.0 Å². The molecule has 6 bridgehead atoms. The van der Waals surface area contributed by atoms with Crippen molar-refractivity contribution in [2.75, 3.05) is 36.1 Å². The molecule has 2 aromatic heterocycles. The van der Waals surface area contributed by atoms with E-state index in [0.717, 1.165) is 60.5 Å². The molecule has 25 heteroatoms. The van der Waals surface area contributed by atoms with E-state index in [1.165, 1.54) is 0 Å². The zero-order chi connectivity index (χ0) is 41.0. The Morgan fingerprint density at radius 3 is 1.93 bits per heavy atom. The fraction of sp³-hybridized carbons (Fsp3) is 0.345. The molecule has 3 aromatic rings. The highest BCUT2D eigenvalue weighted by molar-refractivity contribution is 6.32. The van der Waals surface area contributed by atoms with Crippen molar-refractivity contribution in [1.29, 1.82) is 0 Å². The van der Waals surface area contributed by atoms with E-state index in [1.807, 2.05) is 37.5 Å². The number of carboxylic acid groups (broad SMARTS) is 3. The minimum atomic E-state index is -5.08. The molecule has 1 saturated heterocycles. The van der Waals surface area contributed by atoms with Crippen molar-refractivity contribution in [1.82, 2.24) is 25.2 Å². The number of benzene rings is 1. The van der Waals surface area contributed by atoms with Gasteiger partial charge in [-0.1, -0.05) is 11.6 Å². The Kier molecular flexibility index (Phi) is 15.6. The summed E-state index contributed by atoms with van der Waals surface area (Å²) in [6, 6.07) is 7.96. The maximum Gasteiger partial charge on any atom is 0.490 e. The summed E-state index contributed by atoms with van der Waals surface area (Å²) < 4.78 is 95.2. The van der Waals surface area contributed by atoms with E-state index in [0.29, 0.717) is 16.8 Å². The van der Waals surface area contributed by atoms with Crippen LogP contribution in [-0.4, -0.2) is 104 Å². The molecule has 296 valence electrons. The summed E-state index contributed by atoms with van der Waals surface area (Å²) in [4.78, 5) is 54.5. The topological polar surface area (TPSA) is 219 Å². The third kappa shape index (κ3) is 14.8. The van der Waals surface area contributed by atoms with Gasteiger partial charge >= 0.3 is 42.5 Å². The average Bonchev–Trinajstić information content (AvgIpc) is 3.61. The Bertz CT molecular complexity index is 1730. The molecule has 2 amide bonds. The van der Waals surface area contributed by atoms with Crippen LogP contribution in [0, 0.1) is 0 Å². The number of hydrogen-bond donors (Lipinski definition) is 7. The standard InChI is InChI=1S/C23H25ClN8O.3C2HF3O2/c1-32(18-6-7-25-12-18)23(33)30-20-5-4-16-9-15(20)3-2-14-8-17(11-26-10-14)29-22-27-13-19(24)21(28-16)31-22;3*3-2(4,5)1(6)7/h4-5,8-11,13,18,25H,2-3,6-7,12H2,1H3,(H,30,33)(H2,27,28,29,31);3*(H,6,7)/t18-;;;/m0.../s1. The molecular formula is C29H28ClF9N8O7. The summed E-state index contributed by atoms with van der Waals surface area (Å²) in [5.74, 6) is -7.35. The lowest BCUT2D eigenvalue weighted by Gasteiger charge is -2.25. The van der Waals surface area contributed by atoms with Crippen LogP contribution in [0.3, 0.4) is 0 Å². The first-order valence-electron chi connectivity index (χ1n) is 14.7. The molecule has 0 spiro atoms. The Morgan fingerprint density at radius 2 is 1.41 bits per heavy atom. The third-order valence-corrected chi connectivity index (χ3v) is 6.99. The van der Waals surface area contributed by atoms with E-state index >= 15 is 0 Å². The number of carbonyl (C=O) groups excluding carboxylic acids is 1. The number of carbonyl (C=O) groups is 4. The van der Waals surface area contributed by atoms with Gasteiger partial charge < -0.3 is 41.5 Å².